The number of amides is 1. The number of hydrogen-bond donors (Lipinski definition) is 0. The average molecular weight is 333 g/mol. The van der Waals surface area contributed by atoms with Crippen LogP contribution in [0.15, 0.2) is 60.7 Å². The summed E-state index contributed by atoms with van der Waals surface area (Å²) in [4.78, 5) is 14.5. The van der Waals surface area contributed by atoms with E-state index in [1.54, 1.807) is 0 Å². The topological polar surface area (TPSA) is 29.5 Å². The first-order chi connectivity index (χ1) is 12.3. The number of fused-ring (bicyclic) bond motifs is 2. The van der Waals surface area contributed by atoms with Crippen LogP contribution in [-0.2, 0) is 4.74 Å². The van der Waals surface area contributed by atoms with Gasteiger partial charge in [-0.3, -0.25) is 4.90 Å². The minimum atomic E-state index is -0.171. The summed E-state index contributed by atoms with van der Waals surface area (Å²) in [6.07, 6.45) is 2.76. The van der Waals surface area contributed by atoms with Gasteiger partial charge in [0.05, 0.1) is 12.6 Å². The van der Waals surface area contributed by atoms with Gasteiger partial charge in [-0.15, -0.1) is 0 Å². The molecule has 0 saturated carbocycles. The molecular formula is C22H23NO2. The van der Waals surface area contributed by atoms with E-state index in [4.69, 9.17) is 4.74 Å². The minimum absolute atomic E-state index is 0.107. The quantitative estimate of drug-likeness (QED) is 0.792. The van der Waals surface area contributed by atoms with Crippen LogP contribution in [0.4, 0.5) is 4.79 Å². The van der Waals surface area contributed by atoms with Gasteiger partial charge in [0, 0.05) is 6.04 Å². The van der Waals surface area contributed by atoms with Crippen molar-refractivity contribution in [3.8, 4) is 0 Å². The molecule has 1 fully saturated rings. The van der Waals surface area contributed by atoms with Crippen molar-refractivity contribution >= 4 is 17.2 Å². The molecule has 3 nitrogen and oxygen atoms in total. The summed E-state index contributed by atoms with van der Waals surface area (Å²) in [5.74, 6) is 0. The second-order valence-electron chi connectivity index (χ2n) is 6.68. The predicted molar refractivity (Wildman–Crippen MR) is 100.0 cm³/mol. The Morgan fingerprint density at radius 1 is 1.00 bits per heavy atom. The molecule has 0 aromatic heterocycles. The molecule has 2 aromatic carbocycles. The second-order valence-corrected chi connectivity index (χ2v) is 6.68. The Balaban J connectivity index is 1.84. The van der Waals surface area contributed by atoms with E-state index in [1.807, 2.05) is 17.9 Å². The summed E-state index contributed by atoms with van der Waals surface area (Å²) in [6, 6.07) is 21.4. The highest BCUT2D eigenvalue weighted by Gasteiger charge is 2.45. The molecular weight excluding hydrogens is 310 g/mol. The van der Waals surface area contributed by atoms with Crippen molar-refractivity contribution in [2.45, 2.75) is 38.3 Å². The molecule has 0 spiro atoms. The number of nitrogens with zero attached hydrogens (tertiary/aromatic N) is 1. The van der Waals surface area contributed by atoms with Gasteiger partial charge in [0.15, 0.2) is 0 Å². The number of benzene rings is 2. The van der Waals surface area contributed by atoms with E-state index in [-0.39, 0.29) is 18.2 Å². The van der Waals surface area contributed by atoms with Gasteiger partial charge in [0.2, 0.25) is 0 Å². The number of carbonyl (C=O) groups excluding carboxylic acids is 1. The molecule has 2 unspecified atom stereocenters. The fourth-order valence-corrected chi connectivity index (χ4v) is 4.28. The van der Waals surface area contributed by atoms with Crippen LogP contribution in [0.5, 0.6) is 0 Å². The molecule has 2 heterocycles. The van der Waals surface area contributed by atoms with Crippen molar-refractivity contribution in [2.24, 2.45) is 0 Å². The SMILES string of the molecule is CCOC(=O)N1C2CCC1C(c1ccccc1)=C(c1ccccc1)C2. The van der Waals surface area contributed by atoms with Gasteiger partial charge in [-0.05, 0) is 48.5 Å². The normalized spacial score (nSPS) is 22.2. The second kappa shape index (κ2) is 6.75. The van der Waals surface area contributed by atoms with Crippen molar-refractivity contribution in [1.29, 1.82) is 0 Å². The first-order valence-corrected chi connectivity index (χ1v) is 9.08. The van der Waals surface area contributed by atoms with Gasteiger partial charge in [-0.25, -0.2) is 4.79 Å². The summed E-state index contributed by atoms with van der Waals surface area (Å²) < 4.78 is 5.35. The van der Waals surface area contributed by atoms with Gasteiger partial charge in [0.25, 0.3) is 0 Å². The molecule has 3 heteroatoms. The predicted octanol–water partition coefficient (Wildman–Crippen LogP) is 4.99. The Morgan fingerprint density at radius 3 is 2.28 bits per heavy atom. The number of carbonyl (C=O) groups is 1. The van der Waals surface area contributed by atoms with Crippen molar-refractivity contribution in [2.75, 3.05) is 6.61 Å². The molecule has 128 valence electrons. The summed E-state index contributed by atoms with van der Waals surface area (Å²) in [5, 5.41) is 0. The Morgan fingerprint density at radius 2 is 1.64 bits per heavy atom. The van der Waals surface area contributed by atoms with Crippen LogP contribution in [0.25, 0.3) is 11.1 Å². The molecule has 0 radical (unpaired) electrons. The lowest BCUT2D eigenvalue weighted by Crippen LogP contribution is -2.45. The zero-order valence-electron chi connectivity index (χ0n) is 14.5. The maximum Gasteiger partial charge on any atom is 0.410 e. The van der Waals surface area contributed by atoms with Gasteiger partial charge >= 0.3 is 6.09 Å². The summed E-state index contributed by atoms with van der Waals surface area (Å²) in [5.41, 5.74) is 5.14. The lowest BCUT2D eigenvalue weighted by atomic mass is 9.85. The van der Waals surface area contributed by atoms with E-state index in [0.29, 0.717) is 6.61 Å². The Bertz CT molecular complexity index is 782. The maximum absolute atomic E-state index is 12.6. The highest BCUT2D eigenvalue weighted by atomic mass is 16.6. The number of rotatable bonds is 3. The van der Waals surface area contributed by atoms with Crippen molar-refractivity contribution < 1.29 is 9.53 Å². The lowest BCUT2D eigenvalue weighted by molar-refractivity contribution is 0.0947. The zero-order valence-corrected chi connectivity index (χ0v) is 14.5. The van der Waals surface area contributed by atoms with Crippen molar-refractivity contribution in [1.82, 2.24) is 4.90 Å². The zero-order chi connectivity index (χ0) is 17.2. The third-order valence-electron chi connectivity index (χ3n) is 5.29. The molecule has 2 aliphatic rings. The van der Waals surface area contributed by atoms with Gasteiger partial charge in [0.1, 0.15) is 0 Å². The molecule has 4 rings (SSSR count). The van der Waals surface area contributed by atoms with Crippen LogP contribution in [-0.4, -0.2) is 29.7 Å². The molecule has 2 bridgehead atoms. The maximum atomic E-state index is 12.6. The van der Waals surface area contributed by atoms with Crippen molar-refractivity contribution in [3.63, 3.8) is 0 Å². The molecule has 25 heavy (non-hydrogen) atoms. The molecule has 2 aliphatic heterocycles. The van der Waals surface area contributed by atoms with E-state index >= 15 is 0 Å². The molecule has 1 saturated heterocycles. The molecule has 2 aromatic rings. The molecule has 1 amide bonds. The largest absolute Gasteiger partial charge is 0.450 e. The van der Waals surface area contributed by atoms with Crippen LogP contribution in [0.3, 0.4) is 0 Å². The van der Waals surface area contributed by atoms with Crippen LogP contribution >= 0.6 is 0 Å². The highest BCUT2D eigenvalue weighted by Crippen LogP contribution is 2.47. The summed E-state index contributed by atoms with van der Waals surface area (Å²) in [6.45, 7) is 2.29. The van der Waals surface area contributed by atoms with Crippen LogP contribution in [0.2, 0.25) is 0 Å². The first kappa shape index (κ1) is 15.9. The summed E-state index contributed by atoms with van der Waals surface area (Å²) >= 11 is 0. The van der Waals surface area contributed by atoms with Gasteiger partial charge in [-0.1, -0.05) is 60.7 Å². The lowest BCUT2D eigenvalue weighted by Gasteiger charge is -2.37. The first-order valence-electron chi connectivity index (χ1n) is 9.08. The molecule has 2 atom stereocenters. The van der Waals surface area contributed by atoms with Crippen LogP contribution in [0.1, 0.15) is 37.3 Å². The van der Waals surface area contributed by atoms with E-state index in [9.17, 15) is 4.79 Å². The van der Waals surface area contributed by atoms with Gasteiger partial charge < -0.3 is 4.74 Å². The number of ether oxygens (including phenoxy) is 1. The van der Waals surface area contributed by atoms with E-state index in [2.05, 4.69) is 54.6 Å². The fraction of sp³-hybridized carbons (Fsp3) is 0.318. The third-order valence-corrected chi connectivity index (χ3v) is 5.29. The standard InChI is InChI=1S/C22H23NO2/c1-2-25-22(24)23-18-13-14-20(23)21(17-11-7-4-8-12-17)19(15-18)16-9-5-3-6-10-16/h3-12,18,20H,2,13-15H2,1H3. The smallest absolute Gasteiger partial charge is 0.410 e. The minimum Gasteiger partial charge on any atom is -0.450 e. The Labute approximate surface area is 148 Å². The monoisotopic (exact) mass is 333 g/mol. The third kappa shape index (κ3) is 2.84. The Kier molecular flexibility index (Phi) is 4.31. The summed E-state index contributed by atoms with van der Waals surface area (Å²) in [7, 11) is 0. The van der Waals surface area contributed by atoms with E-state index < -0.39 is 0 Å². The van der Waals surface area contributed by atoms with Crippen LogP contribution < -0.4 is 0 Å². The Hall–Kier alpha value is -2.55. The van der Waals surface area contributed by atoms with E-state index in [0.717, 1.165) is 19.3 Å². The van der Waals surface area contributed by atoms with E-state index in [1.165, 1.54) is 22.3 Å². The average Bonchev–Trinajstić information content (AvgIpc) is 2.97. The van der Waals surface area contributed by atoms with Crippen LogP contribution in [0, 0.1) is 0 Å². The number of hydrogen-bond acceptors (Lipinski definition) is 2. The van der Waals surface area contributed by atoms with Gasteiger partial charge in [-0.2, -0.15) is 0 Å². The molecule has 0 aliphatic carbocycles. The molecule has 0 N–H and O–H groups in total. The van der Waals surface area contributed by atoms with Crippen molar-refractivity contribution in [3.05, 3.63) is 71.8 Å². The highest BCUT2D eigenvalue weighted by molar-refractivity contribution is 5.96. The fourth-order valence-electron chi connectivity index (χ4n) is 4.28.